The van der Waals surface area contributed by atoms with Crippen molar-refractivity contribution in [3.63, 3.8) is 0 Å². The molecular weight excluding hydrogens is 163 g/mol. The molecule has 0 unspecified atom stereocenters. The maximum atomic E-state index is 1.64. The SMILES string of the molecule is C1C[CH2][AlH][CH2]C1.Cl.[CaH2]. The van der Waals surface area contributed by atoms with Crippen LogP contribution in [-0.2, 0) is 0 Å². The molecule has 0 nitrogen and oxygen atoms in total. The Bertz CT molecular complexity index is 27.9. The Morgan fingerprint density at radius 2 is 1.38 bits per heavy atom. The van der Waals surface area contributed by atoms with E-state index in [1.807, 2.05) is 0 Å². The molecular formula is C5H14AlCaCl. The standard InChI is InChI=1S/C5H10.Al.Ca.ClH.3H/c1-3-5-4-2;;;;;;/h1-5H2;;;1H;;;. The molecule has 1 saturated heterocycles. The predicted octanol–water partition coefficient (Wildman–Crippen LogP) is 0.949. The molecule has 1 heterocycles. The van der Waals surface area contributed by atoms with Crippen molar-refractivity contribution in [3.05, 3.63) is 0 Å². The average molecular weight is 177 g/mol. The Labute approximate surface area is 93.9 Å². The summed E-state index contributed by atoms with van der Waals surface area (Å²) in [7, 11) is 0. The van der Waals surface area contributed by atoms with Crippen LogP contribution >= 0.6 is 12.4 Å². The molecule has 0 spiro atoms. The van der Waals surface area contributed by atoms with Crippen LogP contribution in [0.2, 0.25) is 10.6 Å². The molecule has 1 rings (SSSR count). The second-order valence-electron chi connectivity index (χ2n) is 2.12. The summed E-state index contributed by atoms with van der Waals surface area (Å²) in [5, 5.41) is 3.28. The van der Waals surface area contributed by atoms with E-state index in [1.54, 1.807) is 23.4 Å². The Hall–Kier alpha value is 2.08. The zero-order valence-corrected chi connectivity index (χ0v) is 6.88. The Morgan fingerprint density at radius 1 is 0.875 bits per heavy atom. The van der Waals surface area contributed by atoms with Crippen LogP contribution in [0.5, 0.6) is 0 Å². The monoisotopic (exact) mass is 176 g/mol. The number of hydrogen-bond donors (Lipinski definition) is 0. The molecule has 8 heavy (non-hydrogen) atoms. The van der Waals surface area contributed by atoms with Gasteiger partial charge < -0.3 is 0 Å². The van der Waals surface area contributed by atoms with Gasteiger partial charge in [0.15, 0.2) is 0 Å². The molecule has 0 aliphatic carbocycles. The molecule has 1 fully saturated rings. The molecule has 0 aromatic carbocycles. The summed E-state index contributed by atoms with van der Waals surface area (Å²) in [5.74, 6) is 0. The average Bonchev–Trinajstić information content (AvgIpc) is 1.72. The van der Waals surface area contributed by atoms with Crippen molar-refractivity contribution in [1.82, 2.24) is 0 Å². The molecule has 0 N–H and O–H groups in total. The topological polar surface area (TPSA) is 0 Å². The van der Waals surface area contributed by atoms with Gasteiger partial charge in [-0.05, 0) is 0 Å². The van der Waals surface area contributed by atoms with Gasteiger partial charge in [0.25, 0.3) is 0 Å². The summed E-state index contributed by atoms with van der Waals surface area (Å²) in [6.07, 6.45) is 4.66. The van der Waals surface area contributed by atoms with E-state index in [0.717, 1.165) is 0 Å². The van der Waals surface area contributed by atoms with Crippen LogP contribution in [-0.4, -0.2) is 53.0 Å². The molecule has 0 radical (unpaired) electrons. The van der Waals surface area contributed by atoms with Gasteiger partial charge in [0.1, 0.15) is 0 Å². The molecule has 0 amide bonds. The quantitative estimate of drug-likeness (QED) is 0.483. The van der Waals surface area contributed by atoms with E-state index in [2.05, 4.69) is 0 Å². The van der Waals surface area contributed by atoms with Crippen LogP contribution in [0, 0.1) is 0 Å². The van der Waals surface area contributed by atoms with Crippen LogP contribution < -0.4 is 0 Å². The summed E-state index contributed by atoms with van der Waals surface area (Å²) < 4.78 is 0. The summed E-state index contributed by atoms with van der Waals surface area (Å²) in [6, 6.07) is 0. The number of hydrogen-bond acceptors (Lipinski definition) is 0. The molecule has 0 saturated carbocycles. The fourth-order valence-corrected chi connectivity index (χ4v) is 2.83. The third-order valence-electron chi connectivity index (χ3n) is 1.50. The predicted molar refractivity (Wildman–Crippen MR) is 46.4 cm³/mol. The van der Waals surface area contributed by atoms with E-state index in [1.165, 1.54) is 6.42 Å². The van der Waals surface area contributed by atoms with E-state index in [9.17, 15) is 0 Å². The van der Waals surface area contributed by atoms with Gasteiger partial charge in [-0.1, -0.05) is 29.8 Å². The maximum absolute atomic E-state index is 1.64. The van der Waals surface area contributed by atoms with Gasteiger partial charge in [-0.15, -0.1) is 12.4 Å². The van der Waals surface area contributed by atoms with Gasteiger partial charge in [-0.3, -0.25) is 0 Å². The van der Waals surface area contributed by atoms with Crippen molar-refractivity contribution in [1.29, 1.82) is 0 Å². The van der Waals surface area contributed by atoms with E-state index < -0.39 is 0 Å². The van der Waals surface area contributed by atoms with Gasteiger partial charge in [-0.2, -0.15) is 0 Å². The van der Waals surface area contributed by atoms with Gasteiger partial charge in [0.2, 0.25) is 15.2 Å². The zero-order chi connectivity index (χ0) is 4.24. The first-order valence-electron chi connectivity index (χ1n) is 3.00. The Balaban J connectivity index is 0. The summed E-state index contributed by atoms with van der Waals surface area (Å²) >= 11 is 0.508. The van der Waals surface area contributed by atoms with Gasteiger partial charge in [0, 0.05) is 0 Å². The first-order chi connectivity index (χ1) is 3.00. The van der Waals surface area contributed by atoms with E-state index in [0.29, 0.717) is 15.2 Å². The van der Waals surface area contributed by atoms with Crippen molar-refractivity contribution in [3.8, 4) is 0 Å². The fourth-order valence-electron chi connectivity index (χ4n) is 1.06. The van der Waals surface area contributed by atoms with Crippen LogP contribution in [0.1, 0.15) is 19.3 Å². The Kier molecular flexibility index (Phi) is 14.5. The third-order valence-corrected chi connectivity index (χ3v) is 3.50. The molecule has 0 aromatic rings. The van der Waals surface area contributed by atoms with Gasteiger partial charge in [-0.25, -0.2) is 0 Å². The normalized spacial score (nSPS) is 17.0. The molecule has 0 aromatic heterocycles. The second kappa shape index (κ2) is 9.08. The minimum atomic E-state index is 0. The van der Waals surface area contributed by atoms with Crippen LogP contribution in [0.15, 0.2) is 0 Å². The van der Waals surface area contributed by atoms with Crippen molar-refractivity contribution in [2.45, 2.75) is 29.8 Å². The van der Waals surface area contributed by atoms with Crippen molar-refractivity contribution in [2.24, 2.45) is 0 Å². The van der Waals surface area contributed by atoms with Crippen LogP contribution in [0.25, 0.3) is 0 Å². The van der Waals surface area contributed by atoms with E-state index in [4.69, 9.17) is 0 Å². The minimum absolute atomic E-state index is 0. The van der Waals surface area contributed by atoms with Crippen molar-refractivity contribution >= 4 is 65.4 Å². The van der Waals surface area contributed by atoms with Gasteiger partial charge in [0.05, 0.1) is 0 Å². The Morgan fingerprint density at radius 3 is 1.50 bits per heavy atom. The third kappa shape index (κ3) is 6.21. The van der Waals surface area contributed by atoms with E-state index >= 15 is 0 Å². The number of rotatable bonds is 0. The molecule has 0 atom stereocenters. The molecule has 46 valence electrons. The first-order valence-corrected chi connectivity index (χ1v) is 5.00. The fraction of sp³-hybridized carbons (Fsp3) is 1.00. The molecule has 3 heteroatoms. The van der Waals surface area contributed by atoms with Crippen LogP contribution in [0.3, 0.4) is 0 Å². The number of halogens is 1. The van der Waals surface area contributed by atoms with Gasteiger partial charge >= 0.3 is 37.7 Å². The summed E-state index contributed by atoms with van der Waals surface area (Å²) in [5.41, 5.74) is 0. The summed E-state index contributed by atoms with van der Waals surface area (Å²) in [6.45, 7) is 0. The second-order valence-corrected chi connectivity index (χ2v) is 4.24. The van der Waals surface area contributed by atoms with Crippen LogP contribution in [0.4, 0.5) is 0 Å². The van der Waals surface area contributed by atoms with Crippen molar-refractivity contribution < 1.29 is 0 Å². The molecule has 1 aliphatic heterocycles. The molecule has 1 aliphatic rings. The summed E-state index contributed by atoms with van der Waals surface area (Å²) in [4.78, 5) is 0. The molecule has 0 bridgehead atoms. The zero-order valence-electron chi connectivity index (χ0n) is 4.65. The van der Waals surface area contributed by atoms with E-state index in [-0.39, 0.29) is 50.1 Å². The van der Waals surface area contributed by atoms with Crippen molar-refractivity contribution in [2.75, 3.05) is 0 Å². The first kappa shape index (κ1) is 12.7.